The van der Waals surface area contributed by atoms with Crippen LogP contribution in [0, 0.1) is 0 Å². The molecule has 0 radical (unpaired) electrons. The highest BCUT2D eigenvalue weighted by Crippen LogP contribution is 2.60. The third kappa shape index (κ3) is 21.4. The van der Waals surface area contributed by atoms with Crippen molar-refractivity contribution in [1.29, 1.82) is 0 Å². The Hall–Kier alpha value is -14.6. The molecule has 0 N–H and O–H groups in total. The maximum absolute atomic E-state index is 16.0. The SMILES string of the molecule is CC(=O)Oc1cc(OC(C)=O)c2c(c1)O[C@H](c1cc(OC(C)=O)c(OC(C)=O)c(OC(C)=O)c1)[C@H](OC(=O)c1cc(OC(C)=O)c(OC(C)=O)c(OC(C)=O)c1)[C@H]2c1c(OC(C)=O)cc(OC(C)=O)c2c1O[C@H](c1cc(OC(C)=O)c(OC(C)=O)c(OC(C)=O)c1)[C@H](OC(=O)c1cc(OC(C)=O)c(OC(C)=O)c(OC(C)=O)c1)C2. The minimum atomic E-state index is -2.45. The van der Waals surface area contributed by atoms with Crippen LogP contribution < -0.4 is 85.3 Å². The van der Waals surface area contributed by atoms with Crippen molar-refractivity contribution in [2.24, 2.45) is 0 Å². The van der Waals surface area contributed by atoms with Gasteiger partial charge in [0.2, 0.25) is 23.0 Å². The Morgan fingerprint density at radius 2 is 0.553 bits per heavy atom. The fraction of sp³-hybridized carbons (Fsp3) is 0.289. The van der Waals surface area contributed by atoms with Crippen LogP contribution in [0.15, 0.2) is 66.7 Å². The van der Waals surface area contributed by atoms with Gasteiger partial charge in [0.1, 0.15) is 40.6 Å². The van der Waals surface area contributed by atoms with E-state index >= 15 is 9.59 Å². The van der Waals surface area contributed by atoms with Crippen LogP contribution in [0.1, 0.15) is 177 Å². The molecule has 0 bridgehead atoms. The van der Waals surface area contributed by atoms with Gasteiger partial charge in [0.05, 0.1) is 17.0 Å². The van der Waals surface area contributed by atoms with E-state index in [1.165, 1.54) is 0 Å². The van der Waals surface area contributed by atoms with Crippen LogP contribution in [-0.2, 0) is 92.6 Å². The number of hydrogen-bond donors (Lipinski definition) is 0. The predicted molar refractivity (Wildman–Crippen MR) is 370 cm³/mol. The van der Waals surface area contributed by atoms with Gasteiger partial charge in [-0.1, -0.05) is 0 Å². The van der Waals surface area contributed by atoms with Crippen LogP contribution in [-0.4, -0.2) is 120 Å². The van der Waals surface area contributed by atoms with Crippen molar-refractivity contribution in [2.45, 2.75) is 148 Å². The summed E-state index contributed by atoms with van der Waals surface area (Å²) in [5.74, 6) is -36.3. The largest absolute Gasteiger partial charge is 0.481 e. The number of fused-ring (bicyclic) bond motifs is 2. The number of rotatable bonds is 23. The molecule has 2 aliphatic heterocycles. The Morgan fingerprint density at radius 1 is 0.272 bits per heavy atom. The molecule has 6 aromatic rings. The third-order valence-electron chi connectivity index (χ3n) is 14.7. The Kier molecular flexibility index (Phi) is 26.7. The molecule has 0 spiro atoms. The van der Waals surface area contributed by atoms with Gasteiger partial charge < -0.3 is 94.7 Å². The molecule has 598 valence electrons. The average Bonchev–Trinajstić information content (AvgIpc) is 0.716. The van der Waals surface area contributed by atoms with E-state index in [2.05, 4.69) is 0 Å². The summed E-state index contributed by atoms with van der Waals surface area (Å²) in [6.07, 6.45) is -9.82. The summed E-state index contributed by atoms with van der Waals surface area (Å²) < 4.78 is 116. The molecule has 8 rings (SSSR count). The lowest BCUT2D eigenvalue weighted by Crippen LogP contribution is -2.41. The second-order valence-electron chi connectivity index (χ2n) is 24.3. The van der Waals surface area contributed by atoms with Crippen LogP contribution in [0.5, 0.6) is 103 Å². The van der Waals surface area contributed by atoms with Gasteiger partial charge in [-0.05, 0) is 48.5 Å². The minimum absolute atomic E-state index is 0.445. The summed E-state index contributed by atoms with van der Waals surface area (Å²) in [7, 11) is 0. The molecule has 0 unspecified atom stereocenters. The smallest absolute Gasteiger partial charge is 0.338 e. The molecule has 0 saturated heterocycles. The topological polar surface area (TPSA) is 492 Å². The van der Waals surface area contributed by atoms with E-state index in [4.69, 9.17) is 94.7 Å². The number of ether oxygens (including phenoxy) is 20. The number of hydrogen-bond acceptors (Lipinski definition) is 38. The van der Waals surface area contributed by atoms with Gasteiger partial charge in [-0.2, -0.15) is 0 Å². The van der Waals surface area contributed by atoms with Crippen LogP contribution in [0.3, 0.4) is 0 Å². The molecule has 0 aromatic heterocycles. The second kappa shape index (κ2) is 35.8. The van der Waals surface area contributed by atoms with E-state index < -0.39 is 287 Å². The zero-order valence-corrected chi connectivity index (χ0v) is 63.0. The maximum atomic E-state index is 16.0. The highest BCUT2D eigenvalue weighted by Gasteiger charge is 2.52. The number of esters is 18. The fourth-order valence-electron chi connectivity index (χ4n) is 11.5. The van der Waals surface area contributed by atoms with Gasteiger partial charge in [0.15, 0.2) is 64.3 Å². The van der Waals surface area contributed by atoms with Crippen LogP contribution in [0.2, 0.25) is 0 Å². The highest BCUT2D eigenvalue weighted by molar-refractivity contribution is 5.95. The van der Waals surface area contributed by atoms with Crippen LogP contribution >= 0.6 is 0 Å². The minimum Gasteiger partial charge on any atom is -0.481 e. The normalized spacial score (nSPS) is 14.8. The molecule has 0 fully saturated rings. The Morgan fingerprint density at radius 3 is 0.877 bits per heavy atom. The molecule has 2 heterocycles. The van der Waals surface area contributed by atoms with E-state index in [9.17, 15) is 76.7 Å². The Labute approximate surface area is 642 Å². The fourth-order valence-corrected chi connectivity index (χ4v) is 11.5. The summed E-state index contributed by atoms with van der Waals surface area (Å²) in [5.41, 5.74) is -4.09. The molecule has 6 aromatic carbocycles. The van der Waals surface area contributed by atoms with Crippen molar-refractivity contribution < 1.29 is 181 Å². The lowest BCUT2D eigenvalue weighted by atomic mass is 9.77. The molecule has 0 saturated carbocycles. The first-order valence-electron chi connectivity index (χ1n) is 33.2. The number of carbonyl (C=O) groups is 18. The average molecular weight is 1590 g/mol. The lowest BCUT2D eigenvalue weighted by Gasteiger charge is -2.42. The van der Waals surface area contributed by atoms with E-state index in [0.717, 1.165) is 178 Å². The van der Waals surface area contributed by atoms with Crippen LogP contribution in [0.25, 0.3) is 0 Å². The van der Waals surface area contributed by atoms with Gasteiger partial charge in [-0.3, -0.25) is 76.7 Å². The molecular formula is C76H66O38. The van der Waals surface area contributed by atoms with E-state index in [-0.39, 0.29) is 0 Å². The van der Waals surface area contributed by atoms with Crippen molar-refractivity contribution in [1.82, 2.24) is 0 Å². The van der Waals surface area contributed by atoms with E-state index in [1.807, 2.05) is 0 Å². The predicted octanol–water partition coefficient (Wildman–Crippen LogP) is 7.88. The second-order valence-corrected chi connectivity index (χ2v) is 24.3. The standard InChI is InChI=1S/C76H66O38/c1-29(77)95-49-25-52(97-31(3)79)64-53(26-49)111-68(46-19-57(101-35(7)83)71(108-42(14)90)58(20-46)102-36(8)84)74(114-76(94)48-23-61(105-39(11)87)73(110-44(16)92)62(24-48)106-40(12)88)66(64)65-54(98-32(4)80)28-51(96-30(2)78)50-27-63(112-75(93)47-21-59(103-37(9)85)72(109-43(15)91)60(22-47)104-38(10)86)67(113-69(50)65)45-17-55(99-33(5)81)70(107-41(13)89)56(18-45)100-34(6)82/h17-26,28,63,66-68,74H,27H2,1-16H3/t63-,66-,67-,68-,74-/m1/s1. The summed E-state index contributed by atoms with van der Waals surface area (Å²) in [6.45, 7) is 14.4. The number of benzene rings is 6. The molecule has 114 heavy (non-hydrogen) atoms. The highest BCUT2D eigenvalue weighted by atomic mass is 16.6. The number of carbonyl (C=O) groups excluding carboxylic acids is 18. The van der Waals surface area contributed by atoms with Crippen LogP contribution in [0.4, 0.5) is 0 Å². The molecular weight excluding hydrogens is 1520 g/mol. The van der Waals surface area contributed by atoms with E-state index in [0.29, 0.717) is 0 Å². The quantitative estimate of drug-likeness (QED) is 0.0434. The Bertz CT molecular complexity index is 4960. The van der Waals surface area contributed by atoms with Gasteiger partial charge in [0.25, 0.3) is 0 Å². The van der Waals surface area contributed by atoms with E-state index in [1.54, 1.807) is 0 Å². The summed E-state index contributed by atoms with van der Waals surface area (Å²) in [5, 5.41) is 0. The third-order valence-corrected chi connectivity index (χ3v) is 14.7. The summed E-state index contributed by atoms with van der Waals surface area (Å²) >= 11 is 0. The monoisotopic (exact) mass is 1590 g/mol. The Balaban J connectivity index is 1.63. The van der Waals surface area contributed by atoms with Crippen molar-refractivity contribution >= 4 is 107 Å². The first-order chi connectivity index (χ1) is 53.4. The molecule has 0 amide bonds. The van der Waals surface area contributed by atoms with Crippen molar-refractivity contribution in [3.8, 4) is 103 Å². The maximum Gasteiger partial charge on any atom is 0.338 e. The lowest BCUT2D eigenvalue weighted by molar-refractivity contribution is -0.135. The molecule has 5 atom stereocenters. The van der Waals surface area contributed by atoms with Crippen molar-refractivity contribution in [3.63, 3.8) is 0 Å². The summed E-state index contributed by atoms with van der Waals surface area (Å²) in [4.78, 5) is 240. The van der Waals surface area contributed by atoms with Gasteiger partial charge in [-0.25, -0.2) is 9.59 Å². The molecule has 38 nitrogen and oxygen atoms in total. The van der Waals surface area contributed by atoms with Crippen molar-refractivity contribution in [3.05, 3.63) is 106 Å². The zero-order valence-electron chi connectivity index (χ0n) is 63.0. The van der Waals surface area contributed by atoms with Gasteiger partial charge in [-0.15, -0.1) is 0 Å². The van der Waals surface area contributed by atoms with Gasteiger partial charge >= 0.3 is 107 Å². The molecule has 38 heteroatoms. The zero-order chi connectivity index (χ0) is 84.3. The first-order valence-corrected chi connectivity index (χ1v) is 33.2. The summed E-state index contributed by atoms with van der Waals surface area (Å²) in [6, 6.07) is 9.71. The molecule has 0 aliphatic carbocycles. The molecule has 2 aliphatic rings. The van der Waals surface area contributed by atoms with Crippen molar-refractivity contribution in [2.75, 3.05) is 0 Å². The first kappa shape index (κ1) is 85.0. The van der Waals surface area contributed by atoms with Gasteiger partial charge in [0, 0.05) is 163 Å².